The number of aromatic amines is 1. The first-order valence-corrected chi connectivity index (χ1v) is 12.1. The average Bonchev–Trinajstić information content (AvgIpc) is 3.47. The fourth-order valence-electron chi connectivity index (χ4n) is 3.23. The van der Waals surface area contributed by atoms with Gasteiger partial charge in [-0.05, 0) is 42.6 Å². The molecule has 1 atom stereocenters. The number of thiophene rings is 1. The molecular formula is C23H20N2O5S2. The first-order chi connectivity index (χ1) is 15.3. The van der Waals surface area contributed by atoms with E-state index < -0.39 is 22.1 Å². The molecule has 32 heavy (non-hydrogen) atoms. The van der Waals surface area contributed by atoms with E-state index in [1.165, 1.54) is 42.5 Å². The maximum Gasteiger partial charge on any atom is 0.338 e. The number of rotatable bonds is 8. The molecule has 0 saturated heterocycles. The maximum absolute atomic E-state index is 12.8. The minimum atomic E-state index is -3.82. The number of hydrogen-bond donors (Lipinski definition) is 2. The Morgan fingerprint density at radius 1 is 1.09 bits per heavy atom. The normalized spacial score (nSPS) is 12.5. The molecule has 0 aliphatic heterocycles. The lowest BCUT2D eigenvalue weighted by Crippen LogP contribution is -2.25. The van der Waals surface area contributed by atoms with Crippen LogP contribution in [0.3, 0.4) is 0 Å². The summed E-state index contributed by atoms with van der Waals surface area (Å²) in [5.74, 6) is -1.13. The number of benzene rings is 2. The van der Waals surface area contributed by atoms with Crippen LogP contribution in [0.25, 0.3) is 10.9 Å². The molecule has 1 unspecified atom stereocenters. The summed E-state index contributed by atoms with van der Waals surface area (Å²) in [6.45, 7) is 1.65. The molecule has 9 heteroatoms. The van der Waals surface area contributed by atoms with Gasteiger partial charge in [0.1, 0.15) is 0 Å². The van der Waals surface area contributed by atoms with Crippen LogP contribution in [-0.2, 0) is 21.3 Å². The molecule has 2 N–H and O–H groups in total. The van der Waals surface area contributed by atoms with Gasteiger partial charge in [-0.25, -0.2) is 17.9 Å². The van der Waals surface area contributed by atoms with Gasteiger partial charge in [-0.15, -0.1) is 11.3 Å². The van der Waals surface area contributed by atoms with Crippen LogP contribution >= 0.6 is 11.3 Å². The highest BCUT2D eigenvalue weighted by Crippen LogP contribution is 2.21. The molecule has 4 rings (SSSR count). The van der Waals surface area contributed by atoms with Crippen LogP contribution in [-0.4, -0.2) is 31.3 Å². The Kier molecular flexibility index (Phi) is 6.22. The van der Waals surface area contributed by atoms with Crippen molar-refractivity contribution in [2.75, 3.05) is 0 Å². The molecule has 0 spiro atoms. The molecule has 0 aliphatic rings. The summed E-state index contributed by atoms with van der Waals surface area (Å²) in [7, 11) is -3.82. The summed E-state index contributed by atoms with van der Waals surface area (Å²) in [6, 6.07) is 16.5. The number of carbonyl (C=O) groups is 2. The highest BCUT2D eigenvalue weighted by atomic mass is 32.2. The predicted molar refractivity (Wildman–Crippen MR) is 122 cm³/mol. The smallest absolute Gasteiger partial charge is 0.338 e. The quantitative estimate of drug-likeness (QED) is 0.299. The van der Waals surface area contributed by atoms with Gasteiger partial charge in [0.15, 0.2) is 6.10 Å². The fourth-order valence-corrected chi connectivity index (χ4v) is 5.02. The summed E-state index contributed by atoms with van der Waals surface area (Å²) >= 11 is 1.44. The lowest BCUT2D eigenvalue weighted by atomic mass is 10.1. The van der Waals surface area contributed by atoms with Gasteiger partial charge in [0.25, 0.3) is 0 Å². The Labute approximate surface area is 189 Å². The third-order valence-electron chi connectivity index (χ3n) is 4.90. The van der Waals surface area contributed by atoms with Crippen LogP contribution in [0.15, 0.2) is 77.1 Å². The van der Waals surface area contributed by atoms with Gasteiger partial charge in [0, 0.05) is 34.1 Å². The zero-order valence-electron chi connectivity index (χ0n) is 17.1. The van der Waals surface area contributed by atoms with Crippen LogP contribution in [0.2, 0.25) is 0 Å². The van der Waals surface area contributed by atoms with E-state index >= 15 is 0 Å². The molecule has 0 aliphatic carbocycles. The molecule has 0 radical (unpaired) electrons. The number of carbonyl (C=O) groups excluding carboxylic acids is 2. The van der Waals surface area contributed by atoms with Crippen molar-refractivity contribution in [3.63, 3.8) is 0 Å². The predicted octanol–water partition coefficient (Wildman–Crippen LogP) is 4.14. The van der Waals surface area contributed by atoms with Crippen molar-refractivity contribution in [1.29, 1.82) is 0 Å². The number of H-pyrrole nitrogens is 1. The SMILES string of the molecule is CC(OC(=O)c1cccc(S(=O)(=O)NCc2cccs2)c1)C(=O)c1c[nH]c2ccccc12. The third-order valence-corrected chi connectivity index (χ3v) is 7.18. The topological polar surface area (TPSA) is 105 Å². The standard InChI is InChI=1S/C23H20N2O5S2/c1-15(22(26)20-14-24-21-10-3-2-9-19(20)21)30-23(27)16-6-4-8-18(12-16)32(28,29)25-13-17-7-5-11-31-17/h2-12,14-15,24-25H,13H2,1H3. The molecule has 4 aromatic rings. The average molecular weight is 469 g/mol. The molecule has 164 valence electrons. The van der Waals surface area contributed by atoms with Gasteiger partial charge in [0.05, 0.1) is 10.5 Å². The van der Waals surface area contributed by atoms with Gasteiger partial charge >= 0.3 is 5.97 Å². The fraction of sp³-hybridized carbons (Fsp3) is 0.130. The number of ketones is 1. The molecule has 2 aromatic heterocycles. The molecular weight excluding hydrogens is 448 g/mol. The summed E-state index contributed by atoms with van der Waals surface area (Å²) in [4.78, 5) is 29.3. The molecule has 0 saturated carbocycles. The molecule has 2 heterocycles. The zero-order valence-corrected chi connectivity index (χ0v) is 18.7. The maximum atomic E-state index is 12.8. The van der Waals surface area contributed by atoms with Crippen molar-refractivity contribution in [3.05, 3.63) is 88.2 Å². The van der Waals surface area contributed by atoms with Gasteiger partial charge in [-0.1, -0.05) is 30.3 Å². The van der Waals surface area contributed by atoms with E-state index in [1.54, 1.807) is 6.20 Å². The Morgan fingerprint density at radius 2 is 1.91 bits per heavy atom. The minimum absolute atomic E-state index is 0.0441. The van der Waals surface area contributed by atoms with Crippen molar-refractivity contribution in [2.45, 2.75) is 24.5 Å². The van der Waals surface area contributed by atoms with Gasteiger partial charge in [0.2, 0.25) is 15.8 Å². The van der Waals surface area contributed by atoms with Crippen LogP contribution in [0.5, 0.6) is 0 Å². The van der Waals surface area contributed by atoms with Gasteiger partial charge in [-0.2, -0.15) is 0 Å². The van der Waals surface area contributed by atoms with E-state index in [4.69, 9.17) is 4.74 Å². The molecule has 0 bridgehead atoms. The van der Waals surface area contributed by atoms with E-state index in [2.05, 4.69) is 9.71 Å². The van der Waals surface area contributed by atoms with E-state index in [-0.39, 0.29) is 22.8 Å². The number of esters is 1. The second-order valence-electron chi connectivity index (χ2n) is 7.09. The summed E-state index contributed by atoms with van der Waals surface area (Å²) in [5, 5.41) is 2.60. The van der Waals surface area contributed by atoms with E-state index in [0.29, 0.717) is 5.56 Å². The number of para-hydroxylation sites is 1. The number of sulfonamides is 1. The largest absolute Gasteiger partial charge is 0.451 e. The van der Waals surface area contributed by atoms with E-state index in [1.807, 2.05) is 41.8 Å². The van der Waals surface area contributed by atoms with Crippen molar-refractivity contribution in [2.24, 2.45) is 0 Å². The number of aromatic nitrogens is 1. The first kappa shape index (κ1) is 21.9. The molecule has 0 fully saturated rings. The number of ether oxygens (including phenoxy) is 1. The summed E-state index contributed by atoms with van der Waals surface area (Å²) < 4.78 is 33.0. The zero-order chi connectivity index (χ0) is 22.7. The number of fused-ring (bicyclic) bond motifs is 1. The molecule has 7 nitrogen and oxygen atoms in total. The molecule has 2 aromatic carbocycles. The Bertz CT molecular complexity index is 1370. The highest BCUT2D eigenvalue weighted by Gasteiger charge is 2.24. The minimum Gasteiger partial charge on any atom is -0.451 e. The van der Waals surface area contributed by atoms with Crippen molar-refractivity contribution >= 4 is 44.0 Å². The van der Waals surface area contributed by atoms with Crippen molar-refractivity contribution in [3.8, 4) is 0 Å². The van der Waals surface area contributed by atoms with Gasteiger partial charge < -0.3 is 9.72 Å². The molecule has 0 amide bonds. The second kappa shape index (κ2) is 9.07. The van der Waals surface area contributed by atoms with E-state index in [9.17, 15) is 18.0 Å². The van der Waals surface area contributed by atoms with Crippen LogP contribution in [0.4, 0.5) is 0 Å². The number of Topliss-reactive ketones (excluding diaryl/α,β-unsaturated/α-hetero) is 1. The van der Waals surface area contributed by atoms with Crippen LogP contribution < -0.4 is 4.72 Å². The first-order valence-electron chi connectivity index (χ1n) is 9.78. The second-order valence-corrected chi connectivity index (χ2v) is 9.89. The van der Waals surface area contributed by atoms with Crippen LogP contribution in [0, 0.1) is 0 Å². The lowest BCUT2D eigenvalue weighted by molar-refractivity contribution is 0.0319. The summed E-state index contributed by atoms with van der Waals surface area (Å²) in [5.41, 5.74) is 1.28. The Hall–Kier alpha value is -3.27. The third kappa shape index (κ3) is 4.64. The lowest BCUT2D eigenvalue weighted by Gasteiger charge is -2.13. The summed E-state index contributed by atoms with van der Waals surface area (Å²) in [6.07, 6.45) is 0.544. The van der Waals surface area contributed by atoms with Crippen molar-refractivity contribution in [1.82, 2.24) is 9.71 Å². The van der Waals surface area contributed by atoms with Crippen molar-refractivity contribution < 1.29 is 22.7 Å². The highest BCUT2D eigenvalue weighted by molar-refractivity contribution is 7.89. The Morgan fingerprint density at radius 3 is 2.69 bits per heavy atom. The number of hydrogen-bond acceptors (Lipinski definition) is 6. The van der Waals surface area contributed by atoms with Crippen LogP contribution in [0.1, 0.15) is 32.5 Å². The number of nitrogens with one attached hydrogen (secondary N) is 2. The Balaban J connectivity index is 1.47. The van der Waals surface area contributed by atoms with Gasteiger partial charge in [-0.3, -0.25) is 4.79 Å². The monoisotopic (exact) mass is 468 g/mol. The van der Waals surface area contributed by atoms with E-state index in [0.717, 1.165) is 15.8 Å².